The molecule has 2 N–H and O–H groups in total. The standard InChI is InChI=1S/C18H19F2N3O3S/c1-11(12-5-4-6-14(9-12)26-17(19)20)22-23-18(27)21-13-7-8-15(24-2)16(10-13)25-3/h4-10,17H,1-3H3,(H2,21,23,27)/b22-11-. The van der Waals surface area contributed by atoms with Gasteiger partial charge < -0.3 is 19.5 Å². The van der Waals surface area contributed by atoms with Gasteiger partial charge in [-0.2, -0.15) is 13.9 Å². The summed E-state index contributed by atoms with van der Waals surface area (Å²) in [6.45, 7) is -1.16. The molecule has 9 heteroatoms. The molecule has 0 atom stereocenters. The monoisotopic (exact) mass is 395 g/mol. The van der Waals surface area contributed by atoms with E-state index in [9.17, 15) is 8.78 Å². The summed E-state index contributed by atoms with van der Waals surface area (Å²) in [5.41, 5.74) is 4.56. The predicted molar refractivity (Wildman–Crippen MR) is 104 cm³/mol. The second kappa shape index (κ2) is 9.67. The van der Waals surface area contributed by atoms with E-state index in [0.717, 1.165) is 0 Å². The van der Waals surface area contributed by atoms with Gasteiger partial charge in [-0.25, -0.2) is 0 Å². The maximum atomic E-state index is 12.3. The fourth-order valence-corrected chi connectivity index (χ4v) is 2.33. The molecule has 0 aromatic heterocycles. The molecule has 0 aliphatic heterocycles. The molecule has 2 aromatic carbocycles. The van der Waals surface area contributed by atoms with E-state index in [-0.39, 0.29) is 10.9 Å². The molecule has 0 bridgehead atoms. The minimum atomic E-state index is -2.88. The van der Waals surface area contributed by atoms with E-state index in [1.54, 1.807) is 44.4 Å². The van der Waals surface area contributed by atoms with Crippen molar-refractivity contribution in [2.24, 2.45) is 5.10 Å². The Morgan fingerprint density at radius 1 is 1.07 bits per heavy atom. The molecule has 0 saturated heterocycles. The van der Waals surface area contributed by atoms with Crippen molar-refractivity contribution in [3.63, 3.8) is 0 Å². The van der Waals surface area contributed by atoms with Crippen molar-refractivity contribution >= 4 is 28.7 Å². The molecule has 27 heavy (non-hydrogen) atoms. The number of nitrogens with one attached hydrogen (secondary N) is 2. The van der Waals surface area contributed by atoms with Crippen molar-refractivity contribution in [3.05, 3.63) is 48.0 Å². The van der Waals surface area contributed by atoms with E-state index in [1.807, 2.05) is 0 Å². The summed E-state index contributed by atoms with van der Waals surface area (Å²) < 4.78 is 39.4. The highest BCUT2D eigenvalue weighted by Crippen LogP contribution is 2.29. The molecular formula is C18H19F2N3O3S. The van der Waals surface area contributed by atoms with E-state index in [4.69, 9.17) is 21.7 Å². The van der Waals surface area contributed by atoms with Crippen LogP contribution in [-0.2, 0) is 0 Å². The smallest absolute Gasteiger partial charge is 0.387 e. The lowest BCUT2D eigenvalue weighted by atomic mass is 10.1. The Kier molecular flexibility index (Phi) is 7.30. The van der Waals surface area contributed by atoms with Gasteiger partial charge in [-0.1, -0.05) is 12.1 Å². The Labute approximate surface area is 161 Å². The number of hydrogen-bond acceptors (Lipinski definition) is 5. The third kappa shape index (κ3) is 6.07. The van der Waals surface area contributed by atoms with Crippen molar-refractivity contribution < 1.29 is 23.0 Å². The van der Waals surface area contributed by atoms with E-state index >= 15 is 0 Å². The number of anilines is 1. The van der Waals surface area contributed by atoms with Crippen molar-refractivity contribution in [1.29, 1.82) is 0 Å². The molecule has 0 unspecified atom stereocenters. The van der Waals surface area contributed by atoms with Gasteiger partial charge in [-0.15, -0.1) is 0 Å². The summed E-state index contributed by atoms with van der Waals surface area (Å²) in [4.78, 5) is 0. The zero-order valence-corrected chi connectivity index (χ0v) is 15.8. The van der Waals surface area contributed by atoms with Crippen LogP contribution in [-0.4, -0.2) is 31.7 Å². The lowest BCUT2D eigenvalue weighted by Crippen LogP contribution is -2.25. The van der Waals surface area contributed by atoms with Crippen LogP contribution in [0.15, 0.2) is 47.6 Å². The number of hydrazone groups is 1. The number of benzene rings is 2. The minimum absolute atomic E-state index is 0.0584. The summed E-state index contributed by atoms with van der Waals surface area (Å²) in [5.74, 6) is 1.21. The van der Waals surface area contributed by atoms with Crippen LogP contribution in [0.4, 0.5) is 14.5 Å². The summed E-state index contributed by atoms with van der Waals surface area (Å²) in [6.07, 6.45) is 0. The Morgan fingerprint density at radius 2 is 1.81 bits per heavy atom. The summed E-state index contributed by atoms with van der Waals surface area (Å²) >= 11 is 5.20. The fourth-order valence-electron chi connectivity index (χ4n) is 2.17. The van der Waals surface area contributed by atoms with Gasteiger partial charge in [0, 0.05) is 17.3 Å². The van der Waals surface area contributed by atoms with Crippen LogP contribution in [0.5, 0.6) is 17.2 Å². The molecule has 0 fully saturated rings. The minimum Gasteiger partial charge on any atom is -0.493 e. The van der Waals surface area contributed by atoms with E-state index in [0.29, 0.717) is 28.5 Å². The van der Waals surface area contributed by atoms with E-state index in [1.165, 1.54) is 19.2 Å². The number of ether oxygens (including phenoxy) is 3. The Balaban J connectivity index is 2.01. The number of nitrogens with zero attached hydrogens (tertiary/aromatic N) is 1. The lowest BCUT2D eigenvalue weighted by Gasteiger charge is -2.12. The molecule has 0 aliphatic rings. The highest BCUT2D eigenvalue weighted by atomic mass is 32.1. The first-order valence-corrected chi connectivity index (χ1v) is 8.22. The zero-order valence-electron chi connectivity index (χ0n) is 15.0. The largest absolute Gasteiger partial charge is 0.493 e. The van der Waals surface area contributed by atoms with Crippen LogP contribution in [0.3, 0.4) is 0 Å². The van der Waals surface area contributed by atoms with Crippen molar-refractivity contribution in [3.8, 4) is 17.2 Å². The molecule has 2 rings (SSSR count). The van der Waals surface area contributed by atoms with Crippen molar-refractivity contribution in [2.45, 2.75) is 13.5 Å². The number of hydrogen-bond donors (Lipinski definition) is 2. The number of thiocarbonyl (C=S) groups is 1. The molecule has 6 nitrogen and oxygen atoms in total. The molecule has 0 heterocycles. The number of alkyl halides is 2. The number of rotatable bonds is 7. The van der Waals surface area contributed by atoms with Gasteiger partial charge in [0.05, 0.1) is 19.9 Å². The van der Waals surface area contributed by atoms with Gasteiger partial charge in [-0.05, 0) is 43.4 Å². The fraction of sp³-hybridized carbons (Fsp3) is 0.222. The lowest BCUT2D eigenvalue weighted by molar-refractivity contribution is -0.0498. The maximum absolute atomic E-state index is 12.3. The Morgan fingerprint density at radius 3 is 2.48 bits per heavy atom. The van der Waals surface area contributed by atoms with Crippen LogP contribution in [0, 0.1) is 0 Å². The van der Waals surface area contributed by atoms with E-state index in [2.05, 4.69) is 20.6 Å². The quantitative estimate of drug-likeness (QED) is 0.420. The third-order valence-electron chi connectivity index (χ3n) is 3.44. The first-order valence-electron chi connectivity index (χ1n) is 7.81. The second-order valence-corrected chi connectivity index (χ2v) is 5.65. The number of methoxy groups -OCH3 is 2. The molecule has 144 valence electrons. The van der Waals surface area contributed by atoms with Gasteiger partial charge in [0.2, 0.25) is 0 Å². The van der Waals surface area contributed by atoms with Crippen LogP contribution in [0.2, 0.25) is 0 Å². The van der Waals surface area contributed by atoms with Gasteiger partial charge >= 0.3 is 6.61 Å². The van der Waals surface area contributed by atoms with Crippen LogP contribution in [0.25, 0.3) is 0 Å². The zero-order chi connectivity index (χ0) is 19.8. The highest BCUT2D eigenvalue weighted by molar-refractivity contribution is 7.80. The van der Waals surface area contributed by atoms with Crippen molar-refractivity contribution in [2.75, 3.05) is 19.5 Å². The molecule has 2 aromatic rings. The van der Waals surface area contributed by atoms with E-state index < -0.39 is 6.61 Å². The Bertz CT molecular complexity index is 831. The highest BCUT2D eigenvalue weighted by Gasteiger charge is 2.07. The normalized spacial score (nSPS) is 11.1. The SMILES string of the molecule is COc1ccc(NC(=S)N/N=C(/C)c2cccc(OC(F)F)c2)cc1OC. The Hall–Kier alpha value is -2.94. The molecule has 0 saturated carbocycles. The van der Waals surface area contributed by atoms with Gasteiger partial charge in [0.1, 0.15) is 5.75 Å². The van der Waals surface area contributed by atoms with Crippen LogP contribution < -0.4 is 25.0 Å². The van der Waals surface area contributed by atoms with Gasteiger partial charge in [0.15, 0.2) is 16.6 Å². The average molecular weight is 395 g/mol. The van der Waals surface area contributed by atoms with Crippen molar-refractivity contribution in [1.82, 2.24) is 5.43 Å². The first-order chi connectivity index (χ1) is 12.9. The van der Waals surface area contributed by atoms with Gasteiger partial charge in [0.25, 0.3) is 0 Å². The van der Waals surface area contributed by atoms with Crippen LogP contribution in [0.1, 0.15) is 12.5 Å². The maximum Gasteiger partial charge on any atom is 0.387 e. The second-order valence-electron chi connectivity index (χ2n) is 5.24. The molecule has 0 amide bonds. The average Bonchev–Trinajstić information content (AvgIpc) is 2.65. The first kappa shape index (κ1) is 20.4. The molecule has 0 radical (unpaired) electrons. The van der Waals surface area contributed by atoms with Crippen LogP contribution >= 0.6 is 12.2 Å². The third-order valence-corrected chi connectivity index (χ3v) is 3.64. The summed E-state index contributed by atoms with van der Waals surface area (Å²) in [5, 5.41) is 7.37. The number of halogens is 2. The molecule has 0 spiro atoms. The summed E-state index contributed by atoms with van der Waals surface area (Å²) in [7, 11) is 3.09. The molecule has 0 aliphatic carbocycles. The summed E-state index contributed by atoms with van der Waals surface area (Å²) in [6, 6.07) is 11.5. The van der Waals surface area contributed by atoms with Gasteiger partial charge in [-0.3, -0.25) is 5.43 Å². The molecular weight excluding hydrogens is 376 g/mol. The topological polar surface area (TPSA) is 64.1 Å². The predicted octanol–water partition coefficient (Wildman–Crippen LogP) is 4.02.